The number of amides is 3. The molecule has 1 atom stereocenters. The van der Waals surface area contributed by atoms with Crippen molar-refractivity contribution in [3.8, 4) is 11.4 Å². The molecule has 4 rings (SSSR count). The zero-order chi connectivity index (χ0) is 19.9. The Hall–Kier alpha value is -3.00. The third kappa shape index (κ3) is 3.09. The van der Waals surface area contributed by atoms with E-state index >= 15 is 0 Å². The lowest BCUT2D eigenvalue weighted by Gasteiger charge is -2.22. The highest BCUT2D eigenvalue weighted by atomic mass is 32.1. The van der Waals surface area contributed by atoms with Crippen molar-refractivity contribution in [2.75, 3.05) is 0 Å². The molecule has 3 aromatic rings. The second-order valence-corrected chi connectivity index (χ2v) is 8.03. The Bertz CT molecular complexity index is 1010. The van der Waals surface area contributed by atoms with E-state index in [-0.39, 0.29) is 18.3 Å². The summed E-state index contributed by atoms with van der Waals surface area (Å²) in [5.74, 6) is 0.701. The fraction of sp³-hybridized carbons (Fsp3) is 0.300. The molecule has 0 radical (unpaired) electrons. The van der Waals surface area contributed by atoms with Gasteiger partial charge in [0.2, 0.25) is 11.7 Å². The molecular formula is C20H20N4O3S. The van der Waals surface area contributed by atoms with Crippen molar-refractivity contribution >= 4 is 23.3 Å². The van der Waals surface area contributed by atoms with Crippen LogP contribution >= 0.6 is 11.3 Å². The quantitative estimate of drug-likeness (QED) is 0.661. The Balaban J connectivity index is 1.55. The second kappa shape index (κ2) is 6.87. The summed E-state index contributed by atoms with van der Waals surface area (Å²) in [7, 11) is 0. The first-order valence-electron chi connectivity index (χ1n) is 8.98. The number of carbonyl (C=O) groups excluding carboxylic acids is 2. The van der Waals surface area contributed by atoms with Crippen molar-refractivity contribution in [3.63, 3.8) is 0 Å². The van der Waals surface area contributed by atoms with Crippen LogP contribution in [0.2, 0.25) is 0 Å². The minimum Gasteiger partial charge on any atom is -0.337 e. The largest absolute Gasteiger partial charge is 0.337 e. The molecule has 0 spiro atoms. The van der Waals surface area contributed by atoms with Crippen LogP contribution in [-0.4, -0.2) is 27.0 Å². The molecule has 3 heterocycles. The molecule has 2 aromatic heterocycles. The SMILES string of the molecule is CC(C)c1ccc([C@@]2(C)NC(=O)N(Cc3nc(-c4ccsc4)no3)C2=O)cc1. The highest BCUT2D eigenvalue weighted by molar-refractivity contribution is 7.08. The van der Waals surface area contributed by atoms with Gasteiger partial charge in [-0.25, -0.2) is 4.79 Å². The van der Waals surface area contributed by atoms with Crippen LogP contribution in [0.25, 0.3) is 11.4 Å². The van der Waals surface area contributed by atoms with Gasteiger partial charge < -0.3 is 9.84 Å². The van der Waals surface area contributed by atoms with E-state index in [0.29, 0.717) is 11.7 Å². The van der Waals surface area contributed by atoms with E-state index < -0.39 is 11.6 Å². The van der Waals surface area contributed by atoms with Crippen LogP contribution < -0.4 is 5.32 Å². The van der Waals surface area contributed by atoms with E-state index in [1.165, 1.54) is 16.9 Å². The normalized spacial score (nSPS) is 19.5. The van der Waals surface area contributed by atoms with Gasteiger partial charge in [-0.15, -0.1) is 0 Å². The number of rotatable bonds is 5. The highest BCUT2D eigenvalue weighted by Gasteiger charge is 2.49. The van der Waals surface area contributed by atoms with Crippen LogP contribution in [0, 0.1) is 0 Å². The topological polar surface area (TPSA) is 88.3 Å². The summed E-state index contributed by atoms with van der Waals surface area (Å²) in [5, 5.41) is 10.5. The summed E-state index contributed by atoms with van der Waals surface area (Å²) < 4.78 is 5.23. The van der Waals surface area contributed by atoms with Gasteiger partial charge in [-0.2, -0.15) is 16.3 Å². The number of urea groups is 1. The monoisotopic (exact) mass is 396 g/mol. The van der Waals surface area contributed by atoms with Gasteiger partial charge in [0.25, 0.3) is 5.91 Å². The van der Waals surface area contributed by atoms with Crippen LogP contribution in [0.3, 0.4) is 0 Å². The third-order valence-electron chi connectivity index (χ3n) is 4.97. The van der Waals surface area contributed by atoms with Gasteiger partial charge in [0.05, 0.1) is 0 Å². The fourth-order valence-corrected chi connectivity index (χ4v) is 3.84. The number of hydrogen-bond donors (Lipinski definition) is 1. The molecular weight excluding hydrogens is 376 g/mol. The van der Waals surface area contributed by atoms with Crippen molar-refractivity contribution in [1.82, 2.24) is 20.4 Å². The first kappa shape index (κ1) is 18.4. The van der Waals surface area contributed by atoms with Crippen LogP contribution in [0.15, 0.2) is 45.6 Å². The van der Waals surface area contributed by atoms with Crippen LogP contribution in [0.4, 0.5) is 4.79 Å². The summed E-state index contributed by atoms with van der Waals surface area (Å²) in [4.78, 5) is 30.9. The molecule has 1 aliphatic rings. The molecule has 0 aliphatic carbocycles. The van der Waals surface area contributed by atoms with Gasteiger partial charge in [0.15, 0.2) is 0 Å². The molecule has 7 nitrogen and oxygen atoms in total. The average molecular weight is 396 g/mol. The first-order valence-corrected chi connectivity index (χ1v) is 9.92. The number of benzene rings is 1. The molecule has 1 fully saturated rings. The van der Waals surface area contributed by atoms with Crippen molar-refractivity contribution in [2.24, 2.45) is 0 Å². The Morgan fingerprint density at radius 3 is 2.61 bits per heavy atom. The Morgan fingerprint density at radius 2 is 1.96 bits per heavy atom. The van der Waals surface area contributed by atoms with Crippen molar-refractivity contribution in [1.29, 1.82) is 0 Å². The number of thiophene rings is 1. The summed E-state index contributed by atoms with van der Waals surface area (Å²) in [6.07, 6.45) is 0. The molecule has 1 N–H and O–H groups in total. The third-order valence-corrected chi connectivity index (χ3v) is 5.65. The average Bonchev–Trinajstić information content (AvgIpc) is 3.40. The number of carbonyl (C=O) groups is 2. The van der Waals surface area contributed by atoms with Gasteiger partial charge in [0.1, 0.15) is 12.1 Å². The fourth-order valence-electron chi connectivity index (χ4n) is 3.20. The number of nitrogens with zero attached hydrogens (tertiary/aromatic N) is 3. The molecule has 28 heavy (non-hydrogen) atoms. The standard InChI is InChI=1S/C20H20N4O3S/c1-12(2)13-4-6-15(7-5-13)20(3)18(25)24(19(26)22-20)10-16-21-17(23-27-16)14-8-9-28-11-14/h4-9,11-12H,10H2,1-3H3,(H,22,26)/t20-/m1/s1. The lowest BCUT2D eigenvalue weighted by molar-refractivity contribution is -0.131. The van der Waals surface area contributed by atoms with E-state index in [0.717, 1.165) is 16.0 Å². The molecule has 0 bridgehead atoms. The summed E-state index contributed by atoms with van der Waals surface area (Å²) in [6.45, 7) is 5.86. The lowest BCUT2D eigenvalue weighted by Crippen LogP contribution is -2.40. The first-order chi connectivity index (χ1) is 13.4. The number of aromatic nitrogens is 2. The summed E-state index contributed by atoms with van der Waals surface area (Å²) >= 11 is 1.53. The predicted octanol–water partition coefficient (Wildman–Crippen LogP) is 3.89. The second-order valence-electron chi connectivity index (χ2n) is 7.25. The molecule has 1 aliphatic heterocycles. The van der Waals surface area contributed by atoms with E-state index in [4.69, 9.17) is 4.52 Å². The van der Waals surface area contributed by atoms with Crippen LogP contribution in [0.5, 0.6) is 0 Å². The minimum absolute atomic E-state index is 0.0680. The van der Waals surface area contributed by atoms with E-state index in [2.05, 4.69) is 29.3 Å². The maximum Gasteiger partial charge on any atom is 0.325 e. The zero-order valence-electron chi connectivity index (χ0n) is 15.8. The van der Waals surface area contributed by atoms with Crippen LogP contribution in [0.1, 0.15) is 43.7 Å². The maximum absolute atomic E-state index is 13.1. The molecule has 144 valence electrons. The molecule has 1 aromatic carbocycles. The van der Waals surface area contributed by atoms with E-state index in [1.54, 1.807) is 6.92 Å². The minimum atomic E-state index is -1.12. The van der Waals surface area contributed by atoms with Crippen LogP contribution in [-0.2, 0) is 16.9 Å². The van der Waals surface area contributed by atoms with Crippen molar-refractivity contribution < 1.29 is 14.1 Å². The Labute approximate surface area is 166 Å². The van der Waals surface area contributed by atoms with E-state index in [1.807, 2.05) is 41.1 Å². The van der Waals surface area contributed by atoms with Gasteiger partial charge in [-0.05, 0) is 35.4 Å². The van der Waals surface area contributed by atoms with Gasteiger partial charge >= 0.3 is 6.03 Å². The summed E-state index contributed by atoms with van der Waals surface area (Å²) in [6, 6.07) is 9.15. The van der Waals surface area contributed by atoms with Gasteiger partial charge in [-0.3, -0.25) is 9.69 Å². The lowest BCUT2D eigenvalue weighted by atomic mass is 9.90. The molecule has 0 saturated carbocycles. The number of imide groups is 1. The zero-order valence-corrected chi connectivity index (χ0v) is 16.6. The smallest absolute Gasteiger partial charge is 0.325 e. The van der Waals surface area contributed by atoms with Crippen molar-refractivity contribution in [2.45, 2.75) is 38.8 Å². The van der Waals surface area contributed by atoms with Crippen molar-refractivity contribution in [3.05, 3.63) is 58.1 Å². The Morgan fingerprint density at radius 1 is 1.21 bits per heavy atom. The maximum atomic E-state index is 13.1. The summed E-state index contributed by atoms with van der Waals surface area (Å²) in [5.41, 5.74) is 1.63. The number of hydrogen-bond acceptors (Lipinski definition) is 6. The van der Waals surface area contributed by atoms with Gasteiger partial charge in [-0.1, -0.05) is 43.3 Å². The van der Waals surface area contributed by atoms with E-state index in [9.17, 15) is 9.59 Å². The molecule has 8 heteroatoms. The number of nitrogens with one attached hydrogen (secondary N) is 1. The Kier molecular flexibility index (Phi) is 4.50. The van der Waals surface area contributed by atoms with Gasteiger partial charge in [0, 0.05) is 10.9 Å². The molecule has 1 saturated heterocycles. The molecule has 0 unspecified atom stereocenters. The predicted molar refractivity (Wildman–Crippen MR) is 105 cm³/mol. The highest BCUT2D eigenvalue weighted by Crippen LogP contribution is 2.31. The molecule has 3 amide bonds.